The van der Waals surface area contributed by atoms with Crippen LogP contribution in [0, 0.1) is 0 Å². The van der Waals surface area contributed by atoms with E-state index in [9.17, 15) is 0 Å². The number of fused-ring (bicyclic) bond motifs is 2. The minimum absolute atomic E-state index is 1.07. The van der Waals surface area contributed by atoms with Crippen molar-refractivity contribution >= 4 is 0 Å². The third-order valence-electron chi connectivity index (χ3n) is 2.20. The summed E-state index contributed by atoms with van der Waals surface area (Å²) >= 11 is 0. The van der Waals surface area contributed by atoms with E-state index in [0.29, 0.717) is 0 Å². The molecule has 1 saturated heterocycles. The summed E-state index contributed by atoms with van der Waals surface area (Å²) in [7, 11) is 0. The molecule has 1 aliphatic carbocycles. The van der Waals surface area contributed by atoms with Crippen LogP contribution in [-0.2, 0) is 0 Å². The molecule has 1 nitrogen and oxygen atoms in total. The normalized spacial score (nSPS) is 23.3. The van der Waals surface area contributed by atoms with Crippen LogP contribution in [-0.4, -0.2) is 13.1 Å². The molecular formula is C10H13N. The van der Waals surface area contributed by atoms with Gasteiger partial charge in [-0.15, -0.1) is 0 Å². The largest absolute Gasteiger partial charge is 0.313 e. The van der Waals surface area contributed by atoms with Gasteiger partial charge in [0.1, 0.15) is 0 Å². The molecule has 0 aromatic carbocycles. The van der Waals surface area contributed by atoms with Crippen LogP contribution in [0.25, 0.3) is 0 Å². The fourth-order valence-corrected chi connectivity index (χ4v) is 1.58. The predicted octanol–water partition coefficient (Wildman–Crippen LogP) is 1.79. The van der Waals surface area contributed by atoms with Gasteiger partial charge >= 0.3 is 0 Å². The van der Waals surface area contributed by atoms with Crippen LogP contribution in [0.5, 0.6) is 0 Å². The van der Waals surface area contributed by atoms with Gasteiger partial charge in [-0.3, -0.25) is 0 Å². The second kappa shape index (κ2) is 3.05. The van der Waals surface area contributed by atoms with E-state index >= 15 is 0 Å². The van der Waals surface area contributed by atoms with Crippen LogP contribution < -0.4 is 5.32 Å². The Morgan fingerprint density at radius 3 is 2.82 bits per heavy atom. The molecule has 0 aromatic heterocycles. The van der Waals surface area contributed by atoms with Crippen LogP contribution >= 0.6 is 0 Å². The van der Waals surface area contributed by atoms with Gasteiger partial charge < -0.3 is 5.32 Å². The molecule has 1 heterocycles. The van der Waals surface area contributed by atoms with E-state index in [1.807, 2.05) is 0 Å². The Morgan fingerprint density at radius 1 is 1.09 bits per heavy atom. The Labute approximate surface area is 67.5 Å². The summed E-state index contributed by atoms with van der Waals surface area (Å²) in [6.45, 7) is 2.21. The Kier molecular flexibility index (Phi) is 1.91. The summed E-state index contributed by atoms with van der Waals surface area (Å²) in [6, 6.07) is 0. The van der Waals surface area contributed by atoms with Crippen molar-refractivity contribution in [3.8, 4) is 0 Å². The Hall–Kier alpha value is -0.820. The SMILES string of the molecule is C1=CC=C2CNCCC(=C1)C2. The van der Waals surface area contributed by atoms with E-state index < -0.39 is 0 Å². The molecule has 1 N–H and O–H groups in total. The lowest BCUT2D eigenvalue weighted by Gasteiger charge is -2.00. The molecule has 1 heteroatoms. The summed E-state index contributed by atoms with van der Waals surface area (Å²) < 4.78 is 0. The van der Waals surface area contributed by atoms with Gasteiger partial charge in [-0.2, -0.15) is 0 Å². The van der Waals surface area contributed by atoms with Gasteiger partial charge in [0.25, 0.3) is 0 Å². The Bertz CT molecular complexity index is 209. The molecule has 0 radical (unpaired) electrons. The van der Waals surface area contributed by atoms with Gasteiger partial charge in [0.2, 0.25) is 0 Å². The zero-order chi connectivity index (χ0) is 7.52. The zero-order valence-corrected chi connectivity index (χ0v) is 6.64. The smallest absolute Gasteiger partial charge is 0.0171 e. The van der Waals surface area contributed by atoms with E-state index in [1.54, 1.807) is 5.57 Å². The van der Waals surface area contributed by atoms with E-state index in [0.717, 1.165) is 13.1 Å². The van der Waals surface area contributed by atoms with Gasteiger partial charge in [0.15, 0.2) is 0 Å². The maximum atomic E-state index is 3.40. The summed E-state index contributed by atoms with van der Waals surface area (Å²) in [6.07, 6.45) is 11.1. The minimum atomic E-state index is 1.07. The molecule has 1 fully saturated rings. The van der Waals surface area contributed by atoms with Gasteiger partial charge in [-0.1, -0.05) is 35.5 Å². The molecule has 1 aliphatic heterocycles. The van der Waals surface area contributed by atoms with E-state index in [2.05, 4.69) is 29.6 Å². The molecule has 0 aromatic rings. The van der Waals surface area contributed by atoms with Crippen molar-refractivity contribution in [1.29, 1.82) is 0 Å². The van der Waals surface area contributed by atoms with Crippen LogP contribution in [0.15, 0.2) is 35.5 Å². The molecule has 2 aliphatic rings. The quantitative estimate of drug-likeness (QED) is 0.551. The summed E-state index contributed by atoms with van der Waals surface area (Å²) in [5.74, 6) is 0. The van der Waals surface area contributed by atoms with Gasteiger partial charge in [-0.05, 0) is 19.4 Å². The topological polar surface area (TPSA) is 12.0 Å². The highest BCUT2D eigenvalue weighted by molar-refractivity contribution is 5.30. The van der Waals surface area contributed by atoms with Crippen molar-refractivity contribution in [3.63, 3.8) is 0 Å². The lowest BCUT2D eigenvalue weighted by molar-refractivity contribution is 0.756. The zero-order valence-electron chi connectivity index (χ0n) is 6.64. The van der Waals surface area contributed by atoms with Crippen molar-refractivity contribution in [2.45, 2.75) is 12.8 Å². The van der Waals surface area contributed by atoms with Gasteiger partial charge in [0.05, 0.1) is 0 Å². The molecule has 11 heavy (non-hydrogen) atoms. The van der Waals surface area contributed by atoms with Crippen molar-refractivity contribution < 1.29 is 0 Å². The maximum absolute atomic E-state index is 3.40. The Balaban J connectivity index is 2.27. The van der Waals surface area contributed by atoms with Gasteiger partial charge in [0, 0.05) is 6.54 Å². The average Bonchev–Trinajstić information content (AvgIpc) is 2.36. The molecule has 0 spiro atoms. The predicted molar refractivity (Wildman–Crippen MR) is 47.4 cm³/mol. The van der Waals surface area contributed by atoms with E-state index in [-0.39, 0.29) is 0 Å². The highest BCUT2D eigenvalue weighted by Crippen LogP contribution is 2.18. The lowest BCUT2D eigenvalue weighted by atomic mass is 10.1. The minimum Gasteiger partial charge on any atom is -0.313 e. The second-order valence-electron chi connectivity index (χ2n) is 3.14. The second-order valence-corrected chi connectivity index (χ2v) is 3.14. The Morgan fingerprint density at radius 2 is 1.91 bits per heavy atom. The number of hydrogen-bond acceptors (Lipinski definition) is 1. The van der Waals surface area contributed by atoms with Crippen molar-refractivity contribution in [1.82, 2.24) is 5.32 Å². The fourth-order valence-electron chi connectivity index (χ4n) is 1.58. The van der Waals surface area contributed by atoms with Crippen molar-refractivity contribution in [2.75, 3.05) is 13.1 Å². The molecule has 0 atom stereocenters. The van der Waals surface area contributed by atoms with E-state index in [1.165, 1.54) is 18.4 Å². The standard InChI is InChI=1S/C10H13N/c1-2-4-10-7-9(3-1)5-6-11-8-10/h1-4,11H,5-8H2. The highest BCUT2D eigenvalue weighted by Gasteiger charge is 2.07. The number of nitrogens with one attached hydrogen (secondary N) is 1. The third-order valence-corrected chi connectivity index (χ3v) is 2.20. The first-order valence-corrected chi connectivity index (χ1v) is 4.20. The van der Waals surface area contributed by atoms with Gasteiger partial charge in [-0.25, -0.2) is 0 Å². The molecule has 0 unspecified atom stereocenters. The summed E-state index contributed by atoms with van der Waals surface area (Å²) in [4.78, 5) is 0. The van der Waals surface area contributed by atoms with Crippen molar-refractivity contribution in [3.05, 3.63) is 35.5 Å². The van der Waals surface area contributed by atoms with Crippen LogP contribution in [0.1, 0.15) is 12.8 Å². The number of rotatable bonds is 0. The monoisotopic (exact) mass is 147 g/mol. The first kappa shape index (κ1) is 6.86. The summed E-state index contributed by atoms with van der Waals surface area (Å²) in [5, 5.41) is 3.40. The van der Waals surface area contributed by atoms with Crippen LogP contribution in [0.2, 0.25) is 0 Å². The molecule has 2 bridgehead atoms. The molecule has 0 saturated carbocycles. The third kappa shape index (κ3) is 1.60. The average molecular weight is 147 g/mol. The maximum Gasteiger partial charge on any atom is 0.0171 e. The number of allylic oxidation sites excluding steroid dienone is 4. The molecular weight excluding hydrogens is 134 g/mol. The molecule has 2 rings (SSSR count). The summed E-state index contributed by atoms with van der Waals surface area (Å²) in [5.41, 5.74) is 3.08. The van der Waals surface area contributed by atoms with Crippen molar-refractivity contribution in [2.24, 2.45) is 0 Å². The number of hydrogen-bond donors (Lipinski definition) is 1. The van der Waals surface area contributed by atoms with E-state index in [4.69, 9.17) is 0 Å². The lowest BCUT2D eigenvalue weighted by Crippen LogP contribution is -2.14. The first-order chi connectivity index (χ1) is 5.45. The van der Waals surface area contributed by atoms with Crippen LogP contribution in [0.3, 0.4) is 0 Å². The molecule has 58 valence electrons. The first-order valence-electron chi connectivity index (χ1n) is 4.20. The highest BCUT2D eigenvalue weighted by atomic mass is 14.9. The fraction of sp³-hybridized carbons (Fsp3) is 0.400. The molecule has 0 amide bonds. The van der Waals surface area contributed by atoms with Crippen LogP contribution in [0.4, 0.5) is 0 Å².